The molecule has 1 fully saturated rings. The molecule has 1 unspecified atom stereocenters. The zero-order valence-corrected chi connectivity index (χ0v) is 13.9. The van der Waals surface area contributed by atoms with E-state index in [-0.39, 0.29) is 18.3 Å². The molecule has 2 aromatic rings. The molecule has 0 bridgehead atoms. The number of nitrogens with zero attached hydrogens (tertiary/aromatic N) is 1. The van der Waals surface area contributed by atoms with Gasteiger partial charge in [0.25, 0.3) is 5.91 Å². The number of nitrogens with one attached hydrogen (secondary N) is 1. The standard InChI is InChI=1S/C17H15FN2O4S/c18-12-2-4-13(5-3-12)20-14-6-1-11(10-19-25(22)23)9-15(14)24-17(7-8-17)16(20)21/h1-6,9,19H,7-8,10H2,(H,22,23). The van der Waals surface area contributed by atoms with Gasteiger partial charge in [-0.05, 0) is 42.0 Å². The summed E-state index contributed by atoms with van der Waals surface area (Å²) >= 11 is -2.11. The van der Waals surface area contributed by atoms with Gasteiger partial charge in [0.15, 0.2) is 5.60 Å². The van der Waals surface area contributed by atoms with Crippen molar-refractivity contribution in [1.82, 2.24) is 4.72 Å². The van der Waals surface area contributed by atoms with Crippen LogP contribution in [0.25, 0.3) is 0 Å². The van der Waals surface area contributed by atoms with E-state index in [1.807, 2.05) is 0 Å². The van der Waals surface area contributed by atoms with E-state index in [9.17, 15) is 13.4 Å². The minimum atomic E-state index is -2.11. The molecule has 1 heterocycles. The fourth-order valence-electron chi connectivity index (χ4n) is 2.92. The normalized spacial score (nSPS) is 18.6. The Morgan fingerprint density at radius 2 is 1.96 bits per heavy atom. The molecule has 2 aliphatic rings. The first-order valence-electron chi connectivity index (χ1n) is 7.75. The Morgan fingerprint density at radius 3 is 2.60 bits per heavy atom. The highest BCUT2D eigenvalue weighted by Gasteiger charge is 2.58. The van der Waals surface area contributed by atoms with Gasteiger partial charge in [0.1, 0.15) is 11.6 Å². The van der Waals surface area contributed by atoms with Crippen molar-refractivity contribution in [2.75, 3.05) is 4.90 Å². The summed E-state index contributed by atoms with van der Waals surface area (Å²) in [4.78, 5) is 14.4. The highest BCUT2D eigenvalue weighted by Crippen LogP contribution is 2.51. The summed E-state index contributed by atoms with van der Waals surface area (Å²) in [7, 11) is 0. The SMILES string of the molecule is O=C1N(c2ccc(F)cc2)c2ccc(CNS(=O)O)cc2OC12CC2. The van der Waals surface area contributed by atoms with Gasteiger partial charge in [0.2, 0.25) is 11.3 Å². The maximum atomic E-state index is 13.2. The number of halogens is 1. The third kappa shape index (κ3) is 2.92. The Bertz CT molecular complexity index is 867. The van der Waals surface area contributed by atoms with Gasteiger partial charge < -0.3 is 4.74 Å². The maximum absolute atomic E-state index is 13.2. The summed E-state index contributed by atoms with van der Waals surface area (Å²) < 4.78 is 41.2. The molecule has 0 radical (unpaired) electrons. The Labute approximate surface area is 146 Å². The lowest BCUT2D eigenvalue weighted by Crippen LogP contribution is -2.45. The summed E-state index contributed by atoms with van der Waals surface area (Å²) in [5.74, 6) is 0.00244. The van der Waals surface area contributed by atoms with Gasteiger partial charge in [0, 0.05) is 25.1 Å². The van der Waals surface area contributed by atoms with Crippen LogP contribution in [0, 0.1) is 5.82 Å². The van der Waals surface area contributed by atoms with Crippen LogP contribution in [0.4, 0.5) is 15.8 Å². The van der Waals surface area contributed by atoms with Crippen LogP contribution in [0.3, 0.4) is 0 Å². The van der Waals surface area contributed by atoms with Crippen LogP contribution in [0.5, 0.6) is 5.75 Å². The second-order valence-corrected chi connectivity index (χ2v) is 6.87. The van der Waals surface area contributed by atoms with Crippen LogP contribution >= 0.6 is 0 Å². The fraction of sp³-hybridized carbons (Fsp3) is 0.235. The molecular weight excluding hydrogens is 347 g/mol. The van der Waals surface area contributed by atoms with Gasteiger partial charge in [-0.3, -0.25) is 14.2 Å². The number of fused-ring (bicyclic) bond motifs is 1. The molecule has 1 atom stereocenters. The predicted molar refractivity (Wildman–Crippen MR) is 90.2 cm³/mol. The molecule has 25 heavy (non-hydrogen) atoms. The predicted octanol–water partition coefficient (Wildman–Crippen LogP) is 2.64. The molecule has 1 aliphatic heterocycles. The lowest BCUT2D eigenvalue weighted by atomic mass is 10.1. The van der Waals surface area contributed by atoms with Crippen LogP contribution in [0.1, 0.15) is 18.4 Å². The zero-order chi connectivity index (χ0) is 17.6. The molecule has 0 aromatic heterocycles. The minimum Gasteiger partial charge on any atom is -0.475 e. The molecule has 1 saturated carbocycles. The smallest absolute Gasteiger partial charge is 0.275 e. The van der Waals surface area contributed by atoms with Crippen molar-refractivity contribution >= 4 is 28.5 Å². The van der Waals surface area contributed by atoms with E-state index in [0.717, 1.165) is 5.56 Å². The van der Waals surface area contributed by atoms with Crippen LogP contribution in [-0.4, -0.2) is 20.3 Å². The summed E-state index contributed by atoms with van der Waals surface area (Å²) in [6.45, 7) is 0.192. The molecule has 1 aliphatic carbocycles. The van der Waals surface area contributed by atoms with Crippen molar-refractivity contribution in [2.24, 2.45) is 0 Å². The molecule has 2 N–H and O–H groups in total. The number of amides is 1. The number of carbonyl (C=O) groups is 1. The number of hydrogen-bond acceptors (Lipinski definition) is 3. The fourth-order valence-corrected chi connectivity index (χ4v) is 3.21. The van der Waals surface area contributed by atoms with Crippen molar-refractivity contribution in [1.29, 1.82) is 0 Å². The Kier molecular flexibility index (Phi) is 3.82. The average molecular weight is 362 g/mol. The van der Waals surface area contributed by atoms with Gasteiger partial charge >= 0.3 is 0 Å². The number of ether oxygens (including phenoxy) is 1. The monoisotopic (exact) mass is 362 g/mol. The largest absolute Gasteiger partial charge is 0.475 e. The van der Waals surface area contributed by atoms with Crippen molar-refractivity contribution in [2.45, 2.75) is 25.0 Å². The summed E-state index contributed by atoms with van der Waals surface area (Å²) in [6.07, 6.45) is 1.26. The molecular formula is C17H15FN2O4S. The van der Waals surface area contributed by atoms with Crippen LogP contribution in [0.2, 0.25) is 0 Å². The van der Waals surface area contributed by atoms with Gasteiger partial charge in [0.05, 0.1) is 5.69 Å². The van der Waals surface area contributed by atoms with E-state index in [0.29, 0.717) is 30.0 Å². The molecule has 130 valence electrons. The minimum absolute atomic E-state index is 0.158. The Hall–Kier alpha value is -2.29. The quantitative estimate of drug-likeness (QED) is 0.820. The van der Waals surface area contributed by atoms with Crippen LogP contribution in [0.15, 0.2) is 42.5 Å². The summed E-state index contributed by atoms with van der Waals surface area (Å²) in [5.41, 5.74) is 1.05. The molecule has 0 saturated heterocycles. The first-order valence-corrected chi connectivity index (χ1v) is 8.86. The maximum Gasteiger partial charge on any atom is 0.275 e. The average Bonchev–Trinajstić information content (AvgIpc) is 3.36. The van der Waals surface area contributed by atoms with Crippen molar-refractivity contribution in [3.63, 3.8) is 0 Å². The van der Waals surface area contributed by atoms with Crippen molar-refractivity contribution in [3.8, 4) is 5.75 Å². The van der Waals surface area contributed by atoms with E-state index in [1.54, 1.807) is 35.2 Å². The molecule has 6 nitrogen and oxygen atoms in total. The van der Waals surface area contributed by atoms with Gasteiger partial charge in [-0.25, -0.2) is 13.3 Å². The van der Waals surface area contributed by atoms with E-state index in [4.69, 9.17) is 9.29 Å². The van der Waals surface area contributed by atoms with Crippen molar-refractivity contribution in [3.05, 3.63) is 53.8 Å². The topological polar surface area (TPSA) is 78.9 Å². The van der Waals surface area contributed by atoms with Gasteiger partial charge in [-0.15, -0.1) is 0 Å². The third-order valence-electron chi connectivity index (χ3n) is 4.35. The number of anilines is 2. The lowest BCUT2D eigenvalue weighted by molar-refractivity contribution is -0.127. The molecule has 4 rings (SSSR count). The first-order chi connectivity index (χ1) is 12.0. The van der Waals surface area contributed by atoms with E-state index < -0.39 is 16.9 Å². The summed E-state index contributed by atoms with van der Waals surface area (Å²) in [5, 5.41) is 0. The van der Waals surface area contributed by atoms with E-state index in [1.165, 1.54) is 12.1 Å². The first kappa shape index (κ1) is 16.2. The molecule has 1 spiro atoms. The molecule has 2 aromatic carbocycles. The van der Waals surface area contributed by atoms with Crippen LogP contribution in [-0.2, 0) is 22.6 Å². The van der Waals surface area contributed by atoms with Gasteiger partial charge in [-0.2, -0.15) is 0 Å². The zero-order valence-electron chi connectivity index (χ0n) is 13.1. The van der Waals surface area contributed by atoms with E-state index in [2.05, 4.69) is 4.72 Å². The number of hydrogen-bond donors (Lipinski definition) is 2. The number of carbonyl (C=O) groups excluding carboxylic acids is 1. The number of benzene rings is 2. The second-order valence-electron chi connectivity index (χ2n) is 6.09. The lowest BCUT2D eigenvalue weighted by Gasteiger charge is -2.35. The second kappa shape index (κ2) is 5.91. The summed E-state index contributed by atoms with van der Waals surface area (Å²) in [6, 6.07) is 11.0. The van der Waals surface area contributed by atoms with Crippen LogP contribution < -0.4 is 14.4 Å². The Morgan fingerprint density at radius 1 is 1.24 bits per heavy atom. The number of rotatable bonds is 4. The Balaban J connectivity index is 1.74. The molecule has 8 heteroatoms. The van der Waals surface area contributed by atoms with Crippen molar-refractivity contribution < 1.29 is 22.7 Å². The highest BCUT2D eigenvalue weighted by atomic mass is 32.2. The molecule has 1 amide bonds. The third-order valence-corrected chi connectivity index (χ3v) is 4.74. The highest BCUT2D eigenvalue weighted by molar-refractivity contribution is 7.77. The van der Waals surface area contributed by atoms with Gasteiger partial charge in [-0.1, -0.05) is 6.07 Å². The van der Waals surface area contributed by atoms with E-state index >= 15 is 0 Å².